The van der Waals surface area contributed by atoms with E-state index >= 15 is 0 Å². The second-order valence-electron chi connectivity index (χ2n) is 4.87. The summed E-state index contributed by atoms with van der Waals surface area (Å²) < 4.78 is 25.2. The van der Waals surface area contributed by atoms with Gasteiger partial charge >= 0.3 is 0 Å². The lowest BCUT2D eigenvalue weighted by molar-refractivity contribution is 0.492. The Balaban J connectivity index is 0.00000180. The lowest BCUT2D eigenvalue weighted by atomic mass is 9.91. The third-order valence-electron chi connectivity index (χ3n) is 3.46. The molecule has 0 aliphatic carbocycles. The van der Waals surface area contributed by atoms with Gasteiger partial charge in [0, 0.05) is 39.0 Å². The molecule has 2 unspecified atom stereocenters. The molecule has 1 fully saturated rings. The van der Waals surface area contributed by atoms with Crippen molar-refractivity contribution >= 4 is 34.8 Å². The number of aromatic nitrogens is 1. The smallest absolute Gasteiger partial charge is 0.213 e. The highest BCUT2D eigenvalue weighted by Gasteiger charge is 2.32. The van der Waals surface area contributed by atoms with Gasteiger partial charge in [-0.2, -0.15) is 0 Å². The van der Waals surface area contributed by atoms with Crippen LogP contribution >= 0.6 is 24.8 Å². The zero-order valence-corrected chi connectivity index (χ0v) is 14.0. The van der Waals surface area contributed by atoms with Crippen LogP contribution in [0.2, 0.25) is 0 Å². The normalized spacial score (nSPS) is 22.1. The van der Waals surface area contributed by atoms with Crippen LogP contribution in [0.4, 0.5) is 0 Å². The summed E-state index contributed by atoms with van der Waals surface area (Å²) in [5, 5.41) is 3.28. The first-order valence-corrected chi connectivity index (χ1v) is 7.62. The minimum atomic E-state index is -3.14. The van der Waals surface area contributed by atoms with Crippen LogP contribution in [0.15, 0.2) is 24.5 Å². The van der Waals surface area contributed by atoms with Crippen molar-refractivity contribution in [3.8, 4) is 0 Å². The molecule has 1 N–H and O–H groups in total. The lowest BCUT2D eigenvalue weighted by Crippen LogP contribution is -2.31. The molecule has 5 nitrogen and oxygen atoms in total. The molecule has 1 aromatic heterocycles. The molecule has 8 heteroatoms. The van der Waals surface area contributed by atoms with E-state index in [1.165, 1.54) is 4.31 Å². The van der Waals surface area contributed by atoms with Crippen LogP contribution in [0, 0.1) is 5.92 Å². The monoisotopic (exact) mass is 341 g/mol. The van der Waals surface area contributed by atoms with Crippen molar-refractivity contribution < 1.29 is 8.42 Å². The highest BCUT2D eigenvalue weighted by atomic mass is 35.5. The Hall–Kier alpha value is -0.400. The predicted octanol–water partition coefficient (Wildman–Crippen LogP) is 1.12. The van der Waals surface area contributed by atoms with Crippen molar-refractivity contribution in [2.45, 2.75) is 5.92 Å². The van der Waals surface area contributed by atoms with E-state index in [0.717, 1.165) is 18.7 Å². The summed E-state index contributed by atoms with van der Waals surface area (Å²) in [5.74, 6) is 0.572. The SMILES string of the molecule is CN(C)S(=O)(=O)CC1CNCC1c1ccncc1.Cl.Cl. The molecule has 0 saturated carbocycles. The van der Waals surface area contributed by atoms with E-state index in [1.54, 1.807) is 26.5 Å². The van der Waals surface area contributed by atoms with E-state index in [1.807, 2.05) is 12.1 Å². The van der Waals surface area contributed by atoms with Gasteiger partial charge in [-0.1, -0.05) is 0 Å². The van der Waals surface area contributed by atoms with Crippen LogP contribution in [-0.2, 0) is 10.0 Å². The molecule has 1 saturated heterocycles. The van der Waals surface area contributed by atoms with Crippen LogP contribution in [-0.4, -0.2) is 50.6 Å². The van der Waals surface area contributed by atoms with Crippen LogP contribution in [0.3, 0.4) is 0 Å². The van der Waals surface area contributed by atoms with Crippen LogP contribution in [0.5, 0.6) is 0 Å². The van der Waals surface area contributed by atoms with Crippen LogP contribution in [0.25, 0.3) is 0 Å². The Bertz CT molecular complexity index is 497. The van der Waals surface area contributed by atoms with Gasteiger partial charge in [-0.15, -0.1) is 24.8 Å². The Morgan fingerprint density at radius 1 is 1.25 bits per heavy atom. The summed E-state index contributed by atoms with van der Waals surface area (Å²) >= 11 is 0. The van der Waals surface area contributed by atoms with E-state index in [0.29, 0.717) is 0 Å². The van der Waals surface area contributed by atoms with Gasteiger partial charge in [-0.25, -0.2) is 12.7 Å². The summed E-state index contributed by atoms with van der Waals surface area (Å²) in [6.45, 7) is 1.58. The summed E-state index contributed by atoms with van der Waals surface area (Å²) in [4.78, 5) is 4.00. The van der Waals surface area contributed by atoms with E-state index in [-0.39, 0.29) is 42.4 Å². The molecular formula is C12H21Cl2N3O2S. The molecule has 0 radical (unpaired) electrons. The number of rotatable bonds is 4. The molecule has 0 amide bonds. The van der Waals surface area contributed by atoms with Gasteiger partial charge < -0.3 is 5.32 Å². The number of nitrogens with one attached hydrogen (secondary N) is 1. The van der Waals surface area contributed by atoms with Crippen molar-refractivity contribution in [1.29, 1.82) is 0 Å². The average molecular weight is 342 g/mol. The first kappa shape index (κ1) is 19.6. The molecule has 116 valence electrons. The summed E-state index contributed by atoms with van der Waals surface area (Å²) in [7, 11) is 0.0202. The maximum atomic E-state index is 11.9. The van der Waals surface area contributed by atoms with Crippen LogP contribution in [0.1, 0.15) is 11.5 Å². The molecule has 0 aromatic carbocycles. The summed E-state index contributed by atoms with van der Waals surface area (Å²) in [5.41, 5.74) is 1.16. The molecule has 2 atom stereocenters. The Labute approximate surface area is 133 Å². The fraction of sp³-hybridized carbons (Fsp3) is 0.583. The Morgan fingerprint density at radius 3 is 2.40 bits per heavy atom. The Kier molecular flexibility index (Phi) is 7.98. The van der Waals surface area contributed by atoms with E-state index in [4.69, 9.17) is 0 Å². The van der Waals surface area contributed by atoms with E-state index in [9.17, 15) is 8.42 Å². The fourth-order valence-corrected chi connectivity index (χ4v) is 3.52. The zero-order valence-electron chi connectivity index (χ0n) is 11.5. The number of halogens is 2. The predicted molar refractivity (Wildman–Crippen MR) is 85.3 cm³/mol. The van der Waals surface area contributed by atoms with E-state index < -0.39 is 10.0 Å². The molecule has 2 heterocycles. The maximum Gasteiger partial charge on any atom is 0.213 e. The second kappa shape index (κ2) is 8.14. The minimum Gasteiger partial charge on any atom is -0.316 e. The van der Waals surface area contributed by atoms with E-state index in [2.05, 4.69) is 10.3 Å². The lowest BCUT2D eigenvalue weighted by Gasteiger charge is -2.20. The molecular weight excluding hydrogens is 321 g/mol. The summed E-state index contributed by atoms with van der Waals surface area (Å²) in [6, 6.07) is 3.93. The third kappa shape index (κ3) is 4.56. The zero-order chi connectivity index (χ0) is 13.2. The molecule has 2 rings (SSSR count). The molecule has 0 spiro atoms. The highest BCUT2D eigenvalue weighted by molar-refractivity contribution is 7.89. The number of pyridine rings is 1. The third-order valence-corrected chi connectivity index (χ3v) is 5.42. The summed E-state index contributed by atoms with van der Waals surface area (Å²) in [6.07, 6.45) is 3.51. The van der Waals surface area contributed by atoms with Gasteiger partial charge in [-0.05, 0) is 30.2 Å². The van der Waals surface area contributed by atoms with Crippen molar-refractivity contribution in [1.82, 2.24) is 14.6 Å². The van der Waals surface area contributed by atoms with Gasteiger partial charge in [0.1, 0.15) is 0 Å². The topological polar surface area (TPSA) is 62.3 Å². The van der Waals surface area contributed by atoms with Crippen molar-refractivity contribution in [2.75, 3.05) is 32.9 Å². The second-order valence-corrected chi connectivity index (χ2v) is 7.09. The number of nitrogens with zero attached hydrogens (tertiary/aromatic N) is 2. The van der Waals surface area contributed by atoms with Crippen molar-refractivity contribution in [3.63, 3.8) is 0 Å². The van der Waals surface area contributed by atoms with Gasteiger partial charge in [0.2, 0.25) is 10.0 Å². The Morgan fingerprint density at radius 2 is 1.85 bits per heavy atom. The quantitative estimate of drug-likeness (QED) is 0.891. The molecule has 1 aromatic rings. The fourth-order valence-electron chi connectivity index (χ4n) is 2.33. The molecule has 20 heavy (non-hydrogen) atoms. The first-order valence-electron chi connectivity index (χ1n) is 6.01. The van der Waals surface area contributed by atoms with Gasteiger partial charge in [0.05, 0.1) is 5.75 Å². The largest absolute Gasteiger partial charge is 0.316 e. The molecule has 0 bridgehead atoms. The highest BCUT2D eigenvalue weighted by Crippen LogP contribution is 2.29. The number of sulfonamides is 1. The molecule has 1 aliphatic heterocycles. The van der Waals surface area contributed by atoms with Crippen molar-refractivity contribution in [2.24, 2.45) is 5.92 Å². The van der Waals surface area contributed by atoms with Gasteiger partial charge in [-0.3, -0.25) is 4.98 Å². The number of hydrogen-bond donors (Lipinski definition) is 1. The van der Waals surface area contributed by atoms with Crippen LogP contribution < -0.4 is 5.32 Å². The molecule has 1 aliphatic rings. The maximum absolute atomic E-state index is 11.9. The van der Waals surface area contributed by atoms with Crippen molar-refractivity contribution in [3.05, 3.63) is 30.1 Å². The minimum absolute atomic E-state index is 0. The van der Waals surface area contributed by atoms with Gasteiger partial charge in [0.15, 0.2) is 0 Å². The standard InChI is InChI=1S/C12H19N3O2S.2ClH/c1-15(2)18(16,17)9-11-7-14-8-12(11)10-3-5-13-6-4-10;;/h3-6,11-12,14H,7-9H2,1-2H3;2*1H. The van der Waals surface area contributed by atoms with Gasteiger partial charge in [0.25, 0.3) is 0 Å². The average Bonchev–Trinajstić information content (AvgIpc) is 2.77. The number of hydrogen-bond acceptors (Lipinski definition) is 4. The first-order chi connectivity index (χ1) is 8.50.